The summed E-state index contributed by atoms with van der Waals surface area (Å²) in [7, 11) is 0. The van der Waals surface area contributed by atoms with Crippen LogP contribution in [0.5, 0.6) is 0 Å². The fourth-order valence-electron chi connectivity index (χ4n) is 2.15. The third kappa shape index (κ3) is 5.19. The minimum Gasteiger partial charge on any atom is -0.351 e. The van der Waals surface area contributed by atoms with E-state index >= 15 is 0 Å². The van der Waals surface area contributed by atoms with Crippen LogP contribution in [-0.4, -0.2) is 37.5 Å². The number of nitrogens with zero attached hydrogens (tertiary/aromatic N) is 1. The number of carbonyl (C=O) groups excluding carboxylic acids is 2. The maximum atomic E-state index is 12.3. The van der Waals surface area contributed by atoms with Crippen molar-refractivity contribution in [1.29, 1.82) is 5.26 Å². The first-order valence-electron chi connectivity index (χ1n) is 7.44. The molecule has 1 aromatic rings. The third-order valence-corrected chi connectivity index (χ3v) is 3.48. The van der Waals surface area contributed by atoms with Crippen molar-refractivity contribution in [1.82, 2.24) is 5.32 Å². The lowest BCUT2D eigenvalue weighted by Gasteiger charge is -2.23. The lowest BCUT2D eigenvalue weighted by Crippen LogP contribution is -3.17. The van der Waals surface area contributed by atoms with Gasteiger partial charge in [-0.1, -0.05) is 6.07 Å². The summed E-state index contributed by atoms with van der Waals surface area (Å²) in [6.07, 6.45) is 0. The zero-order valence-corrected chi connectivity index (χ0v) is 13.3. The standard InChI is InChI=1S/C16H22N4O2/c1-4-18-15(21)11-20(5-2)12(3)16(22)19-14-8-6-7-13(9-14)10-17/h6-9,12H,4-5,11H2,1-3H3,(H,18,21)(H,19,22)/p+1/t12-/m0/s1. The van der Waals surface area contributed by atoms with E-state index in [1.54, 1.807) is 31.2 Å². The van der Waals surface area contributed by atoms with Crippen molar-refractivity contribution < 1.29 is 14.5 Å². The molecule has 0 fully saturated rings. The molecule has 0 heterocycles. The molecule has 0 aliphatic rings. The lowest BCUT2D eigenvalue weighted by molar-refractivity contribution is -0.904. The predicted octanol–water partition coefficient (Wildman–Crippen LogP) is -0.0738. The van der Waals surface area contributed by atoms with Crippen LogP contribution in [0.25, 0.3) is 0 Å². The highest BCUT2D eigenvalue weighted by Crippen LogP contribution is 2.09. The van der Waals surface area contributed by atoms with E-state index in [9.17, 15) is 9.59 Å². The maximum absolute atomic E-state index is 12.3. The van der Waals surface area contributed by atoms with Crippen molar-refractivity contribution in [3.8, 4) is 6.07 Å². The molecule has 6 heteroatoms. The van der Waals surface area contributed by atoms with Crippen LogP contribution < -0.4 is 15.5 Å². The van der Waals surface area contributed by atoms with E-state index in [0.29, 0.717) is 24.3 Å². The van der Waals surface area contributed by atoms with Crippen LogP contribution in [0.4, 0.5) is 5.69 Å². The van der Waals surface area contributed by atoms with E-state index in [1.807, 2.05) is 19.9 Å². The third-order valence-electron chi connectivity index (χ3n) is 3.48. The Labute approximate surface area is 131 Å². The molecule has 0 aromatic heterocycles. The molecule has 1 rings (SSSR count). The molecule has 0 bridgehead atoms. The van der Waals surface area contributed by atoms with Gasteiger partial charge in [0.1, 0.15) is 0 Å². The molecule has 22 heavy (non-hydrogen) atoms. The summed E-state index contributed by atoms with van der Waals surface area (Å²) < 4.78 is 0. The number of nitriles is 1. The van der Waals surface area contributed by atoms with Gasteiger partial charge < -0.3 is 15.5 Å². The average Bonchev–Trinajstić information content (AvgIpc) is 2.52. The van der Waals surface area contributed by atoms with Gasteiger partial charge in [0.05, 0.1) is 18.2 Å². The smallest absolute Gasteiger partial charge is 0.282 e. The molecule has 2 atom stereocenters. The van der Waals surface area contributed by atoms with Gasteiger partial charge in [0, 0.05) is 12.2 Å². The van der Waals surface area contributed by atoms with Crippen molar-refractivity contribution in [2.45, 2.75) is 26.8 Å². The molecule has 1 aromatic carbocycles. The summed E-state index contributed by atoms with van der Waals surface area (Å²) in [5, 5.41) is 14.4. The van der Waals surface area contributed by atoms with Gasteiger partial charge in [-0.3, -0.25) is 9.59 Å². The zero-order valence-electron chi connectivity index (χ0n) is 13.3. The van der Waals surface area contributed by atoms with E-state index < -0.39 is 0 Å². The largest absolute Gasteiger partial charge is 0.351 e. The van der Waals surface area contributed by atoms with Crippen molar-refractivity contribution in [2.24, 2.45) is 0 Å². The number of hydrogen-bond acceptors (Lipinski definition) is 3. The molecule has 0 saturated heterocycles. The molecule has 118 valence electrons. The quantitative estimate of drug-likeness (QED) is 0.659. The summed E-state index contributed by atoms with van der Waals surface area (Å²) in [6.45, 7) is 7.11. The van der Waals surface area contributed by atoms with Gasteiger partial charge in [0.25, 0.3) is 11.8 Å². The second-order valence-electron chi connectivity index (χ2n) is 5.05. The fourth-order valence-corrected chi connectivity index (χ4v) is 2.15. The summed E-state index contributed by atoms with van der Waals surface area (Å²) in [5.41, 5.74) is 1.08. The number of rotatable bonds is 7. The molecular weight excluding hydrogens is 280 g/mol. The number of benzene rings is 1. The molecule has 3 N–H and O–H groups in total. The van der Waals surface area contributed by atoms with Crippen molar-refractivity contribution >= 4 is 17.5 Å². The van der Waals surface area contributed by atoms with Crippen LogP contribution in [0.3, 0.4) is 0 Å². The molecule has 0 saturated carbocycles. The molecule has 0 aliphatic heterocycles. The summed E-state index contributed by atoms with van der Waals surface area (Å²) in [5.74, 6) is -0.235. The van der Waals surface area contributed by atoms with E-state index in [4.69, 9.17) is 5.26 Å². The molecule has 6 nitrogen and oxygen atoms in total. The van der Waals surface area contributed by atoms with Crippen LogP contribution >= 0.6 is 0 Å². The minimum atomic E-state index is -0.363. The molecule has 0 aliphatic carbocycles. The van der Waals surface area contributed by atoms with E-state index in [1.165, 1.54) is 0 Å². The molecular formula is C16H23N4O2+. The maximum Gasteiger partial charge on any atom is 0.282 e. The number of nitrogens with one attached hydrogen (secondary N) is 3. The SMILES string of the molecule is CCNC(=O)C[NH+](CC)[C@@H](C)C(=O)Nc1cccc(C#N)c1. The predicted molar refractivity (Wildman–Crippen MR) is 84.3 cm³/mol. The monoisotopic (exact) mass is 303 g/mol. The van der Waals surface area contributed by atoms with Gasteiger partial charge in [-0.15, -0.1) is 0 Å². The molecule has 1 unspecified atom stereocenters. The number of quaternary nitrogens is 1. The van der Waals surface area contributed by atoms with Crippen LogP contribution in [0, 0.1) is 11.3 Å². The Balaban J connectivity index is 2.69. The van der Waals surface area contributed by atoms with E-state index in [2.05, 4.69) is 10.6 Å². The highest BCUT2D eigenvalue weighted by molar-refractivity contribution is 5.93. The van der Waals surface area contributed by atoms with E-state index in [0.717, 1.165) is 4.90 Å². The number of amides is 2. The Morgan fingerprint density at radius 1 is 1.36 bits per heavy atom. The van der Waals surface area contributed by atoms with Crippen molar-refractivity contribution in [2.75, 3.05) is 25.0 Å². The number of likely N-dealkylation sites (N-methyl/N-ethyl adjacent to an activating group) is 2. The Bertz CT molecular complexity index is 566. The van der Waals surface area contributed by atoms with E-state index in [-0.39, 0.29) is 24.4 Å². The van der Waals surface area contributed by atoms with Crippen LogP contribution in [0.15, 0.2) is 24.3 Å². The van der Waals surface area contributed by atoms with Crippen LogP contribution in [-0.2, 0) is 9.59 Å². The van der Waals surface area contributed by atoms with Crippen molar-refractivity contribution in [3.05, 3.63) is 29.8 Å². The average molecular weight is 303 g/mol. The van der Waals surface area contributed by atoms with Gasteiger partial charge in [-0.05, 0) is 39.0 Å². The second-order valence-corrected chi connectivity index (χ2v) is 5.05. The van der Waals surface area contributed by atoms with Crippen LogP contribution in [0.2, 0.25) is 0 Å². The summed E-state index contributed by atoms with van der Waals surface area (Å²) in [4.78, 5) is 24.9. The topological polar surface area (TPSA) is 86.4 Å². The van der Waals surface area contributed by atoms with Gasteiger partial charge in [-0.2, -0.15) is 5.26 Å². The van der Waals surface area contributed by atoms with Gasteiger partial charge in [0.2, 0.25) is 0 Å². The first-order chi connectivity index (χ1) is 10.5. The Morgan fingerprint density at radius 3 is 2.68 bits per heavy atom. The summed E-state index contributed by atoms with van der Waals surface area (Å²) in [6, 6.07) is 8.43. The number of carbonyl (C=O) groups is 2. The first-order valence-corrected chi connectivity index (χ1v) is 7.44. The normalized spacial score (nSPS) is 12.8. The van der Waals surface area contributed by atoms with Gasteiger partial charge in [-0.25, -0.2) is 0 Å². The molecule has 2 amide bonds. The first kappa shape index (κ1) is 17.7. The second kappa shape index (κ2) is 8.80. The summed E-state index contributed by atoms with van der Waals surface area (Å²) >= 11 is 0. The highest BCUT2D eigenvalue weighted by Gasteiger charge is 2.25. The highest BCUT2D eigenvalue weighted by atomic mass is 16.2. The molecule has 0 radical (unpaired) electrons. The van der Waals surface area contributed by atoms with Gasteiger partial charge in [0.15, 0.2) is 12.6 Å². The fraction of sp³-hybridized carbons (Fsp3) is 0.438. The minimum absolute atomic E-state index is 0.0644. The Morgan fingerprint density at radius 2 is 2.09 bits per heavy atom. The number of anilines is 1. The molecule has 0 spiro atoms. The van der Waals surface area contributed by atoms with Crippen molar-refractivity contribution in [3.63, 3.8) is 0 Å². The van der Waals surface area contributed by atoms with Crippen LogP contribution in [0.1, 0.15) is 26.3 Å². The lowest BCUT2D eigenvalue weighted by atomic mass is 10.2. The Hall–Kier alpha value is -2.39. The van der Waals surface area contributed by atoms with Gasteiger partial charge >= 0.3 is 0 Å². The Kier molecular flexibility index (Phi) is 7.06. The number of hydrogen-bond donors (Lipinski definition) is 3. The zero-order chi connectivity index (χ0) is 16.5.